The highest BCUT2D eigenvalue weighted by atomic mass is 35.5. The molecule has 0 heterocycles. The Morgan fingerprint density at radius 2 is 2.05 bits per heavy atom. The summed E-state index contributed by atoms with van der Waals surface area (Å²) in [6.07, 6.45) is 0. The first kappa shape index (κ1) is 14.0. The smallest absolute Gasteiger partial charge is 0.335 e. The number of carboxylic acid groups (broad SMARTS) is 1. The van der Waals surface area contributed by atoms with Crippen LogP contribution in [0, 0.1) is 6.92 Å². The second-order valence-corrected chi connectivity index (χ2v) is 5.66. The molecule has 0 saturated carbocycles. The first-order chi connectivity index (χ1) is 9.06. The standard InChI is InChI=1S/C15H13ClO2S/c1-10-5-6-12(15(17)18)8-14(10)19-9-11-3-2-4-13(16)7-11/h2-8H,9H2,1H3,(H,17,18). The van der Waals surface area contributed by atoms with Crippen molar-refractivity contribution in [3.8, 4) is 0 Å². The molecule has 0 aliphatic heterocycles. The number of carbonyl (C=O) groups is 1. The summed E-state index contributed by atoms with van der Waals surface area (Å²) in [5, 5.41) is 9.71. The van der Waals surface area contributed by atoms with Crippen LogP contribution < -0.4 is 0 Å². The number of hydrogen-bond acceptors (Lipinski definition) is 2. The van der Waals surface area contributed by atoms with Crippen molar-refractivity contribution in [1.29, 1.82) is 0 Å². The minimum atomic E-state index is -0.899. The van der Waals surface area contributed by atoms with Crippen molar-refractivity contribution in [2.75, 3.05) is 0 Å². The molecule has 0 unspecified atom stereocenters. The first-order valence-electron chi connectivity index (χ1n) is 5.77. The number of halogens is 1. The fourth-order valence-corrected chi connectivity index (χ4v) is 2.90. The monoisotopic (exact) mass is 292 g/mol. The van der Waals surface area contributed by atoms with Crippen molar-refractivity contribution < 1.29 is 9.90 Å². The van der Waals surface area contributed by atoms with Crippen LogP contribution in [-0.4, -0.2) is 11.1 Å². The highest BCUT2D eigenvalue weighted by molar-refractivity contribution is 7.98. The molecule has 2 aromatic rings. The molecular formula is C15H13ClO2S. The van der Waals surface area contributed by atoms with Crippen LogP contribution in [0.5, 0.6) is 0 Å². The van der Waals surface area contributed by atoms with E-state index in [-0.39, 0.29) is 0 Å². The van der Waals surface area contributed by atoms with Crippen molar-refractivity contribution in [2.45, 2.75) is 17.6 Å². The summed E-state index contributed by atoms with van der Waals surface area (Å²) < 4.78 is 0. The van der Waals surface area contributed by atoms with Crippen LogP contribution in [0.1, 0.15) is 21.5 Å². The number of aryl methyl sites for hydroxylation is 1. The van der Waals surface area contributed by atoms with Gasteiger partial charge in [-0.25, -0.2) is 4.79 Å². The van der Waals surface area contributed by atoms with Gasteiger partial charge in [0.25, 0.3) is 0 Å². The quantitative estimate of drug-likeness (QED) is 0.834. The maximum absolute atomic E-state index is 11.0. The van der Waals surface area contributed by atoms with Gasteiger partial charge in [0.1, 0.15) is 0 Å². The van der Waals surface area contributed by atoms with Gasteiger partial charge in [-0.2, -0.15) is 0 Å². The fraction of sp³-hybridized carbons (Fsp3) is 0.133. The molecule has 0 atom stereocenters. The van der Waals surface area contributed by atoms with Crippen LogP contribution in [0.4, 0.5) is 0 Å². The molecule has 0 spiro atoms. The van der Waals surface area contributed by atoms with E-state index in [1.54, 1.807) is 23.9 Å². The summed E-state index contributed by atoms with van der Waals surface area (Å²) in [5.41, 5.74) is 2.52. The van der Waals surface area contributed by atoms with E-state index in [0.717, 1.165) is 21.8 Å². The SMILES string of the molecule is Cc1ccc(C(=O)O)cc1SCc1cccc(Cl)c1. The van der Waals surface area contributed by atoms with E-state index >= 15 is 0 Å². The number of aromatic carboxylic acids is 1. The second kappa shape index (κ2) is 6.13. The molecule has 4 heteroatoms. The molecule has 1 N–H and O–H groups in total. The highest BCUT2D eigenvalue weighted by Gasteiger charge is 2.07. The fourth-order valence-electron chi connectivity index (χ4n) is 1.68. The summed E-state index contributed by atoms with van der Waals surface area (Å²) in [5.74, 6) is -0.130. The lowest BCUT2D eigenvalue weighted by molar-refractivity contribution is 0.0696. The Morgan fingerprint density at radius 3 is 2.74 bits per heavy atom. The Morgan fingerprint density at radius 1 is 1.26 bits per heavy atom. The molecule has 2 nitrogen and oxygen atoms in total. The van der Waals surface area contributed by atoms with Crippen molar-refractivity contribution in [3.05, 3.63) is 64.2 Å². The molecular weight excluding hydrogens is 280 g/mol. The van der Waals surface area contributed by atoms with Crippen LogP contribution >= 0.6 is 23.4 Å². The van der Waals surface area contributed by atoms with Crippen molar-refractivity contribution in [3.63, 3.8) is 0 Å². The zero-order valence-corrected chi connectivity index (χ0v) is 12.0. The average molecular weight is 293 g/mol. The average Bonchev–Trinajstić information content (AvgIpc) is 2.37. The molecule has 0 aromatic heterocycles. The van der Waals surface area contributed by atoms with Crippen LogP contribution in [0.3, 0.4) is 0 Å². The number of rotatable bonds is 4. The molecule has 0 amide bonds. The van der Waals surface area contributed by atoms with E-state index < -0.39 is 5.97 Å². The summed E-state index contributed by atoms with van der Waals surface area (Å²) in [6.45, 7) is 1.98. The predicted octanol–water partition coefficient (Wildman–Crippen LogP) is 4.64. The van der Waals surface area contributed by atoms with E-state index in [1.807, 2.05) is 37.3 Å². The van der Waals surface area contributed by atoms with Crippen LogP contribution in [0.25, 0.3) is 0 Å². The summed E-state index contributed by atoms with van der Waals surface area (Å²) in [7, 11) is 0. The van der Waals surface area contributed by atoms with Crippen LogP contribution in [-0.2, 0) is 5.75 Å². The Bertz CT molecular complexity index is 611. The number of thioether (sulfide) groups is 1. The topological polar surface area (TPSA) is 37.3 Å². The van der Waals surface area contributed by atoms with E-state index in [9.17, 15) is 4.79 Å². The maximum Gasteiger partial charge on any atom is 0.335 e. The third-order valence-corrected chi connectivity index (χ3v) is 4.18. The van der Waals surface area contributed by atoms with Gasteiger partial charge in [0.15, 0.2) is 0 Å². The van der Waals surface area contributed by atoms with Gasteiger partial charge in [-0.15, -0.1) is 11.8 Å². The van der Waals surface area contributed by atoms with Gasteiger partial charge in [-0.3, -0.25) is 0 Å². The Balaban J connectivity index is 2.15. The van der Waals surface area contributed by atoms with E-state index in [1.165, 1.54) is 0 Å². The third kappa shape index (κ3) is 3.75. The molecule has 0 bridgehead atoms. The minimum Gasteiger partial charge on any atom is -0.478 e. The third-order valence-electron chi connectivity index (χ3n) is 2.72. The van der Waals surface area contributed by atoms with Gasteiger partial charge < -0.3 is 5.11 Å². The van der Waals surface area contributed by atoms with E-state index in [0.29, 0.717) is 10.6 Å². The largest absolute Gasteiger partial charge is 0.478 e. The van der Waals surface area contributed by atoms with Gasteiger partial charge in [-0.05, 0) is 42.3 Å². The number of benzene rings is 2. The van der Waals surface area contributed by atoms with Gasteiger partial charge in [0.05, 0.1) is 5.56 Å². The van der Waals surface area contributed by atoms with Crippen molar-refractivity contribution in [1.82, 2.24) is 0 Å². The Kier molecular flexibility index (Phi) is 4.51. The molecule has 2 aromatic carbocycles. The molecule has 0 aliphatic rings. The Labute approximate surface area is 121 Å². The van der Waals surface area contributed by atoms with Gasteiger partial charge in [0, 0.05) is 15.7 Å². The number of hydrogen-bond donors (Lipinski definition) is 1. The van der Waals surface area contributed by atoms with Crippen molar-refractivity contribution in [2.24, 2.45) is 0 Å². The van der Waals surface area contributed by atoms with Crippen LogP contribution in [0.2, 0.25) is 5.02 Å². The molecule has 19 heavy (non-hydrogen) atoms. The molecule has 0 radical (unpaired) electrons. The normalized spacial score (nSPS) is 10.4. The van der Waals surface area contributed by atoms with E-state index in [2.05, 4.69) is 0 Å². The summed E-state index contributed by atoms with van der Waals surface area (Å²) in [6, 6.07) is 12.9. The van der Waals surface area contributed by atoms with Crippen LogP contribution in [0.15, 0.2) is 47.4 Å². The van der Waals surface area contributed by atoms with Gasteiger partial charge >= 0.3 is 5.97 Å². The van der Waals surface area contributed by atoms with Gasteiger partial charge in [-0.1, -0.05) is 29.8 Å². The molecule has 0 fully saturated rings. The van der Waals surface area contributed by atoms with Crippen molar-refractivity contribution >= 4 is 29.3 Å². The lowest BCUT2D eigenvalue weighted by Gasteiger charge is -2.07. The predicted molar refractivity (Wildman–Crippen MR) is 79.2 cm³/mol. The minimum absolute atomic E-state index is 0.319. The Hall–Kier alpha value is -1.45. The lowest BCUT2D eigenvalue weighted by atomic mass is 10.1. The molecule has 0 aliphatic carbocycles. The maximum atomic E-state index is 11.0. The lowest BCUT2D eigenvalue weighted by Crippen LogP contribution is -1.96. The number of carboxylic acids is 1. The second-order valence-electron chi connectivity index (χ2n) is 4.20. The van der Waals surface area contributed by atoms with Gasteiger partial charge in [0.2, 0.25) is 0 Å². The summed E-state index contributed by atoms with van der Waals surface area (Å²) in [4.78, 5) is 11.9. The highest BCUT2D eigenvalue weighted by Crippen LogP contribution is 2.27. The first-order valence-corrected chi connectivity index (χ1v) is 7.14. The van der Waals surface area contributed by atoms with E-state index in [4.69, 9.17) is 16.7 Å². The zero-order valence-electron chi connectivity index (χ0n) is 10.4. The zero-order chi connectivity index (χ0) is 13.8. The molecule has 2 rings (SSSR count). The molecule has 98 valence electrons. The summed E-state index contributed by atoms with van der Waals surface area (Å²) >= 11 is 7.56. The molecule has 0 saturated heterocycles.